The molecule has 1 saturated heterocycles. The molecule has 0 radical (unpaired) electrons. The van der Waals surface area contributed by atoms with Crippen molar-refractivity contribution in [2.24, 2.45) is 0 Å². The monoisotopic (exact) mass is 423 g/mol. The van der Waals surface area contributed by atoms with Gasteiger partial charge in [0.1, 0.15) is 5.82 Å². The van der Waals surface area contributed by atoms with Gasteiger partial charge in [0.05, 0.1) is 33.6 Å². The molecule has 1 N–H and O–H groups in total. The van der Waals surface area contributed by atoms with Gasteiger partial charge in [-0.05, 0) is 75.0 Å². The number of halogens is 1. The number of fused-ring (bicyclic) bond motifs is 5. The molecule has 0 unspecified atom stereocenters. The van der Waals surface area contributed by atoms with Crippen molar-refractivity contribution in [3.8, 4) is 5.69 Å². The Morgan fingerprint density at radius 2 is 1.97 bits per heavy atom. The van der Waals surface area contributed by atoms with Crippen LogP contribution in [-0.2, 0) is 5.41 Å². The largest absolute Gasteiger partial charge is 0.395 e. The topological polar surface area (TPSA) is 58.4 Å². The lowest BCUT2D eigenvalue weighted by Crippen LogP contribution is -2.35. The molecule has 2 aliphatic heterocycles. The summed E-state index contributed by atoms with van der Waals surface area (Å²) in [6, 6.07) is 12.3. The first kappa shape index (κ1) is 19.7. The van der Waals surface area contributed by atoms with Crippen molar-refractivity contribution < 1.29 is 5.11 Å². The highest BCUT2D eigenvalue weighted by Crippen LogP contribution is 2.44. The molecule has 0 bridgehead atoms. The molecule has 2 aromatic carbocycles. The van der Waals surface area contributed by atoms with E-state index in [9.17, 15) is 9.90 Å². The number of aromatic nitrogens is 2. The number of nitrogens with zero attached hydrogens (tertiary/aromatic N) is 3. The molecule has 0 spiro atoms. The summed E-state index contributed by atoms with van der Waals surface area (Å²) in [6.07, 6.45) is 2.20. The summed E-state index contributed by atoms with van der Waals surface area (Å²) in [6.45, 7) is 7.30. The average Bonchev–Trinajstić information content (AvgIpc) is 2.96. The Kier molecular flexibility index (Phi) is 4.73. The fourth-order valence-corrected chi connectivity index (χ4v) is 5.40. The van der Waals surface area contributed by atoms with Crippen LogP contribution in [-0.4, -0.2) is 45.8 Å². The maximum absolute atomic E-state index is 12.8. The molecule has 0 amide bonds. The van der Waals surface area contributed by atoms with Crippen LogP contribution < -0.4 is 5.56 Å². The lowest BCUT2D eigenvalue weighted by atomic mass is 9.81. The number of β-amino-alcohol motifs (C(OH)–C–C–N with tert-alkyl or cyclic N) is 1. The average molecular weight is 424 g/mol. The molecule has 6 heteroatoms. The number of piperidine rings is 1. The Morgan fingerprint density at radius 3 is 2.70 bits per heavy atom. The molecule has 0 saturated carbocycles. The third-order valence-corrected chi connectivity index (χ3v) is 7.15. The maximum Gasteiger partial charge on any atom is 0.282 e. The van der Waals surface area contributed by atoms with Crippen molar-refractivity contribution in [2.75, 3.05) is 26.2 Å². The van der Waals surface area contributed by atoms with Crippen LogP contribution in [0.25, 0.3) is 16.6 Å². The van der Waals surface area contributed by atoms with Crippen molar-refractivity contribution >= 4 is 22.5 Å². The Bertz CT molecular complexity index is 1190. The molecule has 2 aliphatic rings. The number of hydrogen-bond acceptors (Lipinski definition) is 4. The molecule has 30 heavy (non-hydrogen) atoms. The van der Waals surface area contributed by atoms with Crippen LogP contribution in [0.3, 0.4) is 0 Å². The van der Waals surface area contributed by atoms with Gasteiger partial charge in [-0.2, -0.15) is 4.98 Å². The third kappa shape index (κ3) is 2.91. The van der Waals surface area contributed by atoms with Gasteiger partial charge in [-0.15, -0.1) is 0 Å². The summed E-state index contributed by atoms with van der Waals surface area (Å²) in [5.41, 5.74) is 3.82. The summed E-state index contributed by atoms with van der Waals surface area (Å²) in [5.74, 6) is 1.29. The van der Waals surface area contributed by atoms with Crippen molar-refractivity contribution in [3.63, 3.8) is 0 Å². The fourth-order valence-electron chi connectivity index (χ4n) is 5.15. The van der Waals surface area contributed by atoms with Gasteiger partial charge >= 0.3 is 0 Å². The molecule has 3 aromatic rings. The zero-order chi connectivity index (χ0) is 21.0. The summed E-state index contributed by atoms with van der Waals surface area (Å²) in [7, 11) is 0. The van der Waals surface area contributed by atoms with E-state index in [2.05, 4.69) is 46.5 Å². The van der Waals surface area contributed by atoms with Crippen molar-refractivity contribution in [1.82, 2.24) is 14.5 Å². The van der Waals surface area contributed by atoms with E-state index in [0.29, 0.717) is 16.3 Å². The van der Waals surface area contributed by atoms with Gasteiger partial charge in [-0.25, -0.2) is 0 Å². The van der Waals surface area contributed by atoms with Gasteiger partial charge in [0.25, 0.3) is 5.56 Å². The minimum absolute atomic E-state index is 0.222. The Labute approximate surface area is 180 Å². The summed E-state index contributed by atoms with van der Waals surface area (Å²) >= 11 is 6.35. The van der Waals surface area contributed by atoms with E-state index in [1.807, 2.05) is 12.1 Å². The van der Waals surface area contributed by atoms with E-state index in [-0.39, 0.29) is 17.6 Å². The number of hydrogen-bond donors (Lipinski definition) is 1. The number of rotatable bonds is 3. The molecule has 3 heterocycles. The molecule has 1 aromatic heterocycles. The van der Waals surface area contributed by atoms with Crippen LogP contribution in [0.2, 0.25) is 5.02 Å². The molecular weight excluding hydrogens is 398 g/mol. The van der Waals surface area contributed by atoms with Gasteiger partial charge < -0.3 is 10.0 Å². The van der Waals surface area contributed by atoms with Crippen molar-refractivity contribution in [1.29, 1.82) is 0 Å². The number of likely N-dealkylation sites (tertiary alicyclic amines) is 1. The smallest absolute Gasteiger partial charge is 0.282 e. The maximum atomic E-state index is 12.8. The van der Waals surface area contributed by atoms with Gasteiger partial charge in [-0.3, -0.25) is 9.36 Å². The van der Waals surface area contributed by atoms with Crippen molar-refractivity contribution in [2.45, 2.75) is 38.0 Å². The highest BCUT2D eigenvalue weighted by Gasteiger charge is 2.39. The zero-order valence-electron chi connectivity index (χ0n) is 17.4. The number of aliphatic hydroxyl groups excluding tert-OH is 1. The van der Waals surface area contributed by atoms with Gasteiger partial charge in [-0.1, -0.05) is 29.8 Å². The van der Waals surface area contributed by atoms with E-state index in [4.69, 9.17) is 11.6 Å². The minimum Gasteiger partial charge on any atom is -0.395 e. The SMILES string of the molecule is CC1(C)c2cc(C3CCN(CCO)CC3)ccc2-n2c1nc(=O)c1c(Cl)cccc12. The van der Waals surface area contributed by atoms with Gasteiger partial charge in [0, 0.05) is 6.54 Å². The van der Waals surface area contributed by atoms with Crippen molar-refractivity contribution in [3.05, 3.63) is 68.7 Å². The lowest BCUT2D eigenvalue weighted by Gasteiger charge is -2.32. The summed E-state index contributed by atoms with van der Waals surface area (Å²) in [4.78, 5) is 19.6. The Morgan fingerprint density at radius 1 is 1.20 bits per heavy atom. The first-order valence-corrected chi connectivity index (χ1v) is 11.0. The normalized spacial score (nSPS) is 18.5. The molecule has 5 nitrogen and oxygen atoms in total. The van der Waals surface area contributed by atoms with Crippen LogP contribution in [0, 0.1) is 0 Å². The van der Waals surface area contributed by atoms with Gasteiger partial charge in [0.15, 0.2) is 0 Å². The predicted octanol–water partition coefficient (Wildman–Crippen LogP) is 3.85. The second-order valence-corrected chi connectivity index (χ2v) is 9.36. The van der Waals surface area contributed by atoms with E-state index >= 15 is 0 Å². The van der Waals surface area contributed by atoms with E-state index < -0.39 is 0 Å². The molecule has 1 fully saturated rings. The lowest BCUT2D eigenvalue weighted by molar-refractivity contribution is 0.164. The zero-order valence-corrected chi connectivity index (χ0v) is 18.1. The first-order valence-electron chi connectivity index (χ1n) is 10.6. The summed E-state index contributed by atoms with van der Waals surface area (Å²) in [5, 5.41) is 10.1. The highest BCUT2D eigenvalue weighted by molar-refractivity contribution is 6.35. The number of aliphatic hydroxyl groups is 1. The molecule has 5 rings (SSSR count). The highest BCUT2D eigenvalue weighted by atomic mass is 35.5. The van der Waals surface area contributed by atoms with E-state index in [1.165, 1.54) is 11.1 Å². The summed E-state index contributed by atoms with van der Waals surface area (Å²) < 4.78 is 2.10. The number of benzene rings is 2. The van der Waals surface area contributed by atoms with Gasteiger partial charge in [0.2, 0.25) is 0 Å². The predicted molar refractivity (Wildman–Crippen MR) is 120 cm³/mol. The minimum atomic E-state index is -0.362. The van der Waals surface area contributed by atoms with Crippen LogP contribution in [0.5, 0.6) is 0 Å². The standard InChI is InChI=1S/C24H26ClN3O2/c1-24(2)17-14-16(15-8-10-27(11-9-15)12-13-29)6-7-19(17)28-20-5-3-4-18(25)21(20)22(30)26-23(24)28/h3-7,14-15,29H,8-13H2,1-2H3. The molecule has 0 atom stereocenters. The Hall–Kier alpha value is -2.21. The third-order valence-electron chi connectivity index (χ3n) is 6.83. The molecule has 0 aliphatic carbocycles. The van der Waals surface area contributed by atoms with Crippen LogP contribution in [0.15, 0.2) is 41.2 Å². The first-order chi connectivity index (χ1) is 14.4. The van der Waals surface area contributed by atoms with Crippen LogP contribution in [0.1, 0.15) is 49.6 Å². The molecular formula is C24H26ClN3O2. The van der Waals surface area contributed by atoms with Crippen LogP contribution >= 0.6 is 11.6 Å². The van der Waals surface area contributed by atoms with E-state index in [1.54, 1.807) is 6.07 Å². The fraction of sp³-hybridized carbons (Fsp3) is 0.417. The second-order valence-electron chi connectivity index (χ2n) is 8.95. The second kappa shape index (κ2) is 7.19. The quantitative estimate of drug-likeness (QED) is 0.695. The molecule has 156 valence electrons. The Balaban J connectivity index is 1.60. The van der Waals surface area contributed by atoms with E-state index in [0.717, 1.165) is 49.5 Å². The van der Waals surface area contributed by atoms with Crippen LogP contribution in [0.4, 0.5) is 0 Å².